The Bertz CT molecular complexity index is 810. The van der Waals surface area contributed by atoms with E-state index in [1.54, 1.807) is 26.4 Å². The van der Waals surface area contributed by atoms with Gasteiger partial charge in [-0.25, -0.2) is 0 Å². The topological polar surface area (TPSA) is 50.8 Å². The maximum Gasteiger partial charge on any atom is 0.265 e. The lowest BCUT2D eigenvalue weighted by atomic mass is 10.0. The quantitative estimate of drug-likeness (QED) is 0.895. The van der Waals surface area contributed by atoms with Crippen LogP contribution in [0.5, 0.6) is 11.5 Å². The van der Waals surface area contributed by atoms with Crippen molar-refractivity contribution in [2.45, 2.75) is 33.2 Å². The first kappa shape index (κ1) is 18.1. The maximum atomic E-state index is 13.5. The molecule has 1 aliphatic rings. The summed E-state index contributed by atoms with van der Waals surface area (Å²) in [4.78, 5) is 15.4. The number of anilines is 2. The number of ether oxygens (including phenoxy) is 2. The zero-order valence-electron chi connectivity index (χ0n) is 16.1. The Morgan fingerprint density at radius 2 is 1.77 bits per heavy atom. The van der Waals surface area contributed by atoms with E-state index in [0.29, 0.717) is 23.6 Å². The molecule has 0 radical (unpaired) electrons. The molecule has 0 saturated heterocycles. The van der Waals surface area contributed by atoms with Crippen molar-refractivity contribution in [3.63, 3.8) is 0 Å². The fourth-order valence-electron chi connectivity index (χ4n) is 3.34. The second-order valence-corrected chi connectivity index (χ2v) is 6.66. The molecule has 1 unspecified atom stereocenters. The van der Waals surface area contributed by atoms with Gasteiger partial charge in [0.2, 0.25) is 0 Å². The number of amides is 1. The van der Waals surface area contributed by atoms with E-state index in [2.05, 4.69) is 38.2 Å². The maximum absolute atomic E-state index is 13.5. The molecule has 1 heterocycles. The molecule has 0 aliphatic carbocycles. The Morgan fingerprint density at radius 1 is 1.15 bits per heavy atom. The van der Waals surface area contributed by atoms with Crippen molar-refractivity contribution in [3.05, 3.63) is 47.0 Å². The van der Waals surface area contributed by atoms with Gasteiger partial charge >= 0.3 is 0 Å². The van der Waals surface area contributed by atoms with Crippen LogP contribution >= 0.6 is 0 Å². The van der Waals surface area contributed by atoms with Crippen LogP contribution in [0.1, 0.15) is 34.8 Å². The van der Waals surface area contributed by atoms with Crippen LogP contribution in [0.15, 0.2) is 30.3 Å². The smallest absolute Gasteiger partial charge is 0.265 e. The van der Waals surface area contributed by atoms with Gasteiger partial charge in [0.25, 0.3) is 5.91 Å². The first-order valence-electron chi connectivity index (χ1n) is 8.90. The molecule has 0 saturated carbocycles. The number of nitrogens with zero attached hydrogens (tertiary/aromatic N) is 1. The largest absolute Gasteiger partial charge is 0.496 e. The van der Waals surface area contributed by atoms with Gasteiger partial charge in [0, 0.05) is 12.6 Å². The highest BCUT2D eigenvalue weighted by atomic mass is 16.5. The Morgan fingerprint density at radius 3 is 2.35 bits per heavy atom. The van der Waals surface area contributed by atoms with Gasteiger partial charge in [0.1, 0.15) is 17.1 Å². The zero-order chi connectivity index (χ0) is 18.8. The van der Waals surface area contributed by atoms with E-state index in [4.69, 9.17) is 9.47 Å². The Balaban J connectivity index is 2.12. The Hall–Kier alpha value is -2.69. The van der Waals surface area contributed by atoms with Gasteiger partial charge in [-0.15, -0.1) is 0 Å². The lowest BCUT2D eigenvalue weighted by Gasteiger charge is -2.36. The van der Waals surface area contributed by atoms with Gasteiger partial charge in [-0.05, 0) is 55.7 Å². The Labute approximate surface area is 154 Å². The fraction of sp³-hybridized carbons (Fsp3) is 0.381. The summed E-state index contributed by atoms with van der Waals surface area (Å²) in [7, 11) is 3.14. The summed E-state index contributed by atoms with van der Waals surface area (Å²) in [5, 5.41) is 3.55. The third-order valence-electron chi connectivity index (χ3n) is 5.05. The molecule has 0 fully saturated rings. The van der Waals surface area contributed by atoms with Crippen LogP contribution in [-0.2, 0) is 0 Å². The van der Waals surface area contributed by atoms with Crippen molar-refractivity contribution in [3.8, 4) is 11.5 Å². The minimum Gasteiger partial charge on any atom is -0.496 e. The van der Waals surface area contributed by atoms with Crippen molar-refractivity contribution in [2.24, 2.45) is 0 Å². The molecule has 138 valence electrons. The first-order valence-corrected chi connectivity index (χ1v) is 8.90. The van der Waals surface area contributed by atoms with Crippen molar-refractivity contribution < 1.29 is 14.3 Å². The molecule has 1 amide bonds. The van der Waals surface area contributed by atoms with Crippen LogP contribution in [0, 0.1) is 13.8 Å². The summed E-state index contributed by atoms with van der Waals surface area (Å²) in [6.07, 6.45) is 0.930. The second kappa shape index (κ2) is 7.28. The number of methoxy groups -OCH3 is 2. The van der Waals surface area contributed by atoms with Crippen LogP contribution in [0.2, 0.25) is 0 Å². The SMILES string of the molecule is CCC1CN(C(=O)c2c(OC)cccc2OC)c2cc(C)c(C)cc2N1. The molecule has 2 aromatic carbocycles. The van der Waals surface area contributed by atoms with Crippen LogP contribution in [-0.4, -0.2) is 32.7 Å². The molecule has 5 heteroatoms. The monoisotopic (exact) mass is 354 g/mol. The summed E-state index contributed by atoms with van der Waals surface area (Å²) in [6.45, 7) is 6.87. The number of hydrogen-bond acceptors (Lipinski definition) is 4. The van der Waals surface area contributed by atoms with E-state index in [1.165, 1.54) is 5.56 Å². The van der Waals surface area contributed by atoms with E-state index in [0.717, 1.165) is 23.4 Å². The van der Waals surface area contributed by atoms with Gasteiger partial charge in [0.05, 0.1) is 25.6 Å². The average molecular weight is 354 g/mol. The molecule has 0 spiro atoms. The molecule has 1 atom stereocenters. The molecule has 5 nitrogen and oxygen atoms in total. The standard InChI is InChI=1S/C21H26N2O3/c1-6-15-12-23(17-11-14(3)13(2)10-16(17)22-15)21(24)20-18(25-4)8-7-9-19(20)26-5/h7-11,15,22H,6,12H2,1-5H3. The molecule has 1 aliphatic heterocycles. The van der Waals surface area contributed by atoms with Gasteiger partial charge in [0.15, 0.2) is 0 Å². The average Bonchev–Trinajstić information content (AvgIpc) is 2.66. The van der Waals surface area contributed by atoms with E-state index < -0.39 is 0 Å². The number of hydrogen-bond donors (Lipinski definition) is 1. The van der Waals surface area contributed by atoms with E-state index in [1.807, 2.05) is 11.0 Å². The Kier molecular flexibility index (Phi) is 5.07. The van der Waals surface area contributed by atoms with E-state index in [9.17, 15) is 4.79 Å². The number of rotatable bonds is 4. The molecule has 0 bridgehead atoms. The number of carbonyl (C=O) groups excluding carboxylic acids is 1. The lowest BCUT2D eigenvalue weighted by Crippen LogP contribution is -2.44. The third-order valence-corrected chi connectivity index (χ3v) is 5.05. The van der Waals surface area contributed by atoms with E-state index >= 15 is 0 Å². The summed E-state index contributed by atoms with van der Waals surface area (Å²) < 4.78 is 10.9. The van der Waals surface area contributed by atoms with Crippen molar-refractivity contribution in [1.82, 2.24) is 0 Å². The number of carbonyl (C=O) groups is 1. The predicted octanol–water partition coefficient (Wildman–Crippen LogP) is 4.17. The summed E-state index contributed by atoms with van der Waals surface area (Å²) in [5.74, 6) is 0.932. The minimum atomic E-state index is -0.108. The second-order valence-electron chi connectivity index (χ2n) is 6.66. The zero-order valence-corrected chi connectivity index (χ0v) is 16.1. The van der Waals surface area contributed by atoms with Gasteiger partial charge in [-0.2, -0.15) is 0 Å². The van der Waals surface area contributed by atoms with Crippen molar-refractivity contribution in [2.75, 3.05) is 31.0 Å². The predicted molar refractivity (Wildman–Crippen MR) is 105 cm³/mol. The molecule has 0 aromatic heterocycles. The highest BCUT2D eigenvalue weighted by Crippen LogP contribution is 2.37. The van der Waals surface area contributed by atoms with Gasteiger partial charge in [-0.3, -0.25) is 4.79 Å². The van der Waals surface area contributed by atoms with Crippen LogP contribution in [0.25, 0.3) is 0 Å². The number of benzene rings is 2. The third kappa shape index (κ3) is 3.09. The summed E-state index contributed by atoms with van der Waals surface area (Å²) >= 11 is 0. The normalized spacial score (nSPS) is 15.9. The molecule has 3 rings (SSSR count). The van der Waals surface area contributed by atoms with Crippen molar-refractivity contribution >= 4 is 17.3 Å². The van der Waals surface area contributed by atoms with E-state index in [-0.39, 0.29) is 11.9 Å². The highest BCUT2D eigenvalue weighted by molar-refractivity contribution is 6.11. The first-order chi connectivity index (χ1) is 12.5. The number of fused-ring (bicyclic) bond motifs is 1. The minimum absolute atomic E-state index is 0.108. The highest BCUT2D eigenvalue weighted by Gasteiger charge is 2.31. The molecule has 26 heavy (non-hydrogen) atoms. The molecular formula is C21H26N2O3. The van der Waals surface area contributed by atoms with Crippen LogP contribution < -0.4 is 19.7 Å². The molecular weight excluding hydrogens is 328 g/mol. The molecule has 1 N–H and O–H groups in total. The lowest BCUT2D eigenvalue weighted by molar-refractivity contribution is 0.0978. The summed E-state index contributed by atoms with van der Waals surface area (Å²) in [6, 6.07) is 9.79. The number of nitrogens with one attached hydrogen (secondary N) is 1. The number of aryl methyl sites for hydroxylation is 2. The van der Waals surface area contributed by atoms with Crippen LogP contribution in [0.4, 0.5) is 11.4 Å². The van der Waals surface area contributed by atoms with Crippen LogP contribution in [0.3, 0.4) is 0 Å². The fourth-order valence-corrected chi connectivity index (χ4v) is 3.34. The van der Waals surface area contributed by atoms with Crippen molar-refractivity contribution in [1.29, 1.82) is 0 Å². The van der Waals surface area contributed by atoms with Gasteiger partial charge in [-0.1, -0.05) is 13.0 Å². The van der Waals surface area contributed by atoms with Gasteiger partial charge < -0.3 is 19.7 Å². The molecule has 2 aromatic rings. The summed E-state index contributed by atoms with van der Waals surface area (Å²) in [5.41, 5.74) is 4.71.